The van der Waals surface area contributed by atoms with E-state index in [1.54, 1.807) is 24.4 Å². The first-order valence-corrected chi connectivity index (χ1v) is 14.0. The molecule has 4 heterocycles. The van der Waals surface area contributed by atoms with Gasteiger partial charge in [-0.25, -0.2) is 4.98 Å². The summed E-state index contributed by atoms with van der Waals surface area (Å²) in [7, 11) is 2.06. The van der Waals surface area contributed by atoms with Crippen molar-refractivity contribution < 1.29 is 18.3 Å². The van der Waals surface area contributed by atoms with Gasteiger partial charge in [-0.3, -0.25) is 4.79 Å². The number of rotatable bonds is 7. The Morgan fingerprint density at radius 2 is 1.79 bits per heavy atom. The van der Waals surface area contributed by atoms with Gasteiger partial charge in [0.25, 0.3) is 5.91 Å². The fourth-order valence-corrected chi connectivity index (χ4v) is 5.60. The summed E-state index contributed by atoms with van der Waals surface area (Å²) in [6, 6.07) is 12.9. The van der Waals surface area contributed by atoms with Crippen molar-refractivity contribution in [2.45, 2.75) is 33.3 Å². The zero-order chi connectivity index (χ0) is 29.4. The van der Waals surface area contributed by atoms with E-state index in [1.807, 2.05) is 48.9 Å². The molecule has 2 aliphatic heterocycles. The minimum atomic E-state index is -2.98. The highest BCUT2D eigenvalue weighted by Gasteiger charge is 2.25. The predicted octanol–water partition coefficient (Wildman–Crippen LogP) is 5.33. The van der Waals surface area contributed by atoms with E-state index in [0.717, 1.165) is 59.9 Å². The number of alkyl halides is 2. The van der Waals surface area contributed by atoms with Crippen molar-refractivity contribution in [3.63, 3.8) is 0 Å². The van der Waals surface area contributed by atoms with Gasteiger partial charge in [0.15, 0.2) is 5.75 Å². The zero-order valence-electron chi connectivity index (χ0n) is 23.8. The predicted molar refractivity (Wildman–Crippen MR) is 159 cm³/mol. The van der Waals surface area contributed by atoms with Crippen LogP contribution in [0.5, 0.6) is 5.75 Å². The molecule has 0 atom stereocenters. The number of carbonyl (C=O) groups is 1. The average Bonchev–Trinajstić information content (AvgIpc) is 3.41. The van der Waals surface area contributed by atoms with Crippen LogP contribution >= 0.6 is 0 Å². The summed E-state index contributed by atoms with van der Waals surface area (Å²) in [4.78, 5) is 26.9. The number of piperazine rings is 1. The number of amides is 1. The molecule has 0 spiro atoms. The summed E-state index contributed by atoms with van der Waals surface area (Å²) < 4.78 is 33.5. The van der Waals surface area contributed by atoms with E-state index in [0.29, 0.717) is 29.9 Å². The number of nitrogens with zero attached hydrogens (tertiary/aromatic N) is 5. The number of hydrogen-bond acceptors (Lipinski definition) is 7. The number of hydrogen-bond donors (Lipinski definition) is 2. The summed E-state index contributed by atoms with van der Waals surface area (Å²) in [5, 5.41) is 6.14. The quantitative estimate of drug-likeness (QED) is 0.309. The van der Waals surface area contributed by atoms with Gasteiger partial charge in [0, 0.05) is 67.3 Å². The highest BCUT2D eigenvalue weighted by atomic mass is 19.3. The molecule has 4 aromatic rings. The number of benzene rings is 2. The largest absolute Gasteiger partial charge is 0.433 e. The van der Waals surface area contributed by atoms with Crippen LogP contribution in [0, 0.1) is 13.8 Å². The monoisotopic (exact) mass is 573 g/mol. The Bertz CT molecular complexity index is 1610. The van der Waals surface area contributed by atoms with E-state index in [9.17, 15) is 13.6 Å². The highest BCUT2D eigenvalue weighted by Crippen LogP contribution is 2.34. The van der Waals surface area contributed by atoms with Crippen molar-refractivity contribution in [2.75, 3.05) is 48.8 Å². The van der Waals surface area contributed by atoms with Gasteiger partial charge in [0.2, 0.25) is 5.95 Å². The first-order valence-electron chi connectivity index (χ1n) is 14.0. The van der Waals surface area contributed by atoms with Gasteiger partial charge in [0.1, 0.15) is 5.82 Å². The second-order valence-corrected chi connectivity index (χ2v) is 10.8. The molecule has 2 N–H and O–H groups in total. The Morgan fingerprint density at radius 3 is 2.52 bits per heavy atom. The number of aromatic nitrogens is 3. The van der Waals surface area contributed by atoms with Crippen LogP contribution in [-0.4, -0.2) is 65.2 Å². The molecule has 1 saturated heterocycles. The van der Waals surface area contributed by atoms with E-state index in [4.69, 9.17) is 9.72 Å². The van der Waals surface area contributed by atoms with Crippen molar-refractivity contribution in [1.29, 1.82) is 0 Å². The lowest BCUT2D eigenvalue weighted by Gasteiger charge is -2.34. The summed E-state index contributed by atoms with van der Waals surface area (Å²) in [5.41, 5.74) is 6.34. The third-order valence-corrected chi connectivity index (χ3v) is 7.95. The van der Waals surface area contributed by atoms with Crippen LogP contribution in [-0.2, 0) is 12.8 Å². The minimum absolute atomic E-state index is 0.0230. The highest BCUT2D eigenvalue weighted by molar-refractivity contribution is 6.06. The number of fused-ring (bicyclic) bond motifs is 3. The molecule has 1 fully saturated rings. The lowest BCUT2D eigenvalue weighted by atomic mass is 10.0. The zero-order valence-corrected chi connectivity index (χ0v) is 23.8. The topological polar surface area (TPSA) is 87.6 Å². The molecule has 2 aliphatic rings. The Morgan fingerprint density at radius 1 is 1.02 bits per heavy atom. The fourth-order valence-electron chi connectivity index (χ4n) is 5.60. The van der Waals surface area contributed by atoms with Crippen LogP contribution in [0.15, 0.2) is 54.9 Å². The van der Waals surface area contributed by atoms with E-state index >= 15 is 0 Å². The molecule has 0 aliphatic carbocycles. The maximum absolute atomic E-state index is 13.4. The Hall–Kier alpha value is -4.51. The molecule has 218 valence electrons. The molecular weight excluding hydrogens is 540 g/mol. The number of halogens is 2. The van der Waals surface area contributed by atoms with Crippen LogP contribution in [0.2, 0.25) is 0 Å². The van der Waals surface area contributed by atoms with Crippen LogP contribution in [0.3, 0.4) is 0 Å². The summed E-state index contributed by atoms with van der Waals surface area (Å²) in [6.45, 7) is 4.35. The summed E-state index contributed by atoms with van der Waals surface area (Å²) in [5.74, 6) is 0.731. The summed E-state index contributed by atoms with van der Waals surface area (Å²) >= 11 is 0. The second kappa shape index (κ2) is 11.4. The molecule has 42 heavy (non-hydrogen) atoms. The number of para-hydroxylation sites is 1. The maximum atomic E-state index is 13.4. The van der Waals surface area contributed by atoms with Crippen LogP contribution in [0.4, 0.5) is 31.8 Å². The van der Waals surface area contributed by atoms with E-state index in [2.05, 4.69) is 32.5 Å². The maximum Gasteiger partial charge on any atom is 0.387 e. The molecule has 0 radical (unpaired) electrons. The SMILES string of the molecule is Cc1cccc(C)c1NC(=O)c1ccn2c1CCc1cnc(Nc3ccc(N4CCN(C)CC4)cc3OC(F)F)nc1-2. The normalized spacial score (nSPS) is 14.9. The molecule has 0 unspecified atom stereocenters. The number of ether oxygens (including phenoxy) is 1. The van der Waals surface area contributed by atoms with Gasteiger partial charge >= 0.3 is 6.61 Å². The average molecular weight is 574 g/mol. The Labute approximate surface area is 243 Å². The summed E-state index contributed by atoms with van der Waals surface area (Å²) in [6.07, 6.45) is 4.89. The molecule has 0 bridgehead atoms. The molecule has 6 rings (SSSR count). The number of nitrogens with one attached hydrogen (secondary N) is 2. The Kier molecular flexibility index (Phi) is 7.51. The number of aryl methyl sites for hydroxylation is 3. The fraction of sp³-hybridized carbons (Fsp3) is 0.323. The first-order chi connectivity index (χ1) is 20.3. The number of anilines is 4. The van der Waals surface area contributed by atoms with Gasteiger partial charge in [-0.1, -0.05) is 18.2 Å². The number of likely N-dealkylation sites (N-methyl/N-ethyl adjacent to an activating group) is 1. The van der Waals surface area contributed by atoms with Gasteiger partial charge in [-0.15, -0.1) is 0 Å². The second-order valence-electron chi connectivity index (χ2n) is 10.8. The molecule has 2 aromatic carbocycles. The molecule has 2 aromatic heterocycles. The lowest BCUT2D eigenvalue weighted by molar-refractivity contribution is -0.0493. The van der Waals surface area contributed by atoms with Gasteiger partial charge in [-0.2, -0.15) is 13.8 Å². The van der Waals surface area contributed by atoms with Crippen molar-refractivity contribution in [3.05, 3.63) is 82.8 Å². The van der Waals surface area contributed by atoms with Crippen LogP contribution < -0.4 is 20.3 Å². The van der Waals surface area contributed by atoms with Crippen LogP contribution in [0.1, 0.15) is 32.7 Å². The van der Waals surface area contributed by atoms with E-state index in [1.165, 1.54) is 0 Å². The van der Waals surface area contributed by atoms with Crippen molar-refractivity contribution >= 4 is 28.9 Å². The molecule has 9 nitrogen and oxygen atoms in total. The van der Waals surface area contributed by atoms with Crippen molar-refractivity contribution in [3.8, 4) is 11.6 Å². The van der Waals surface area contributed by atoms with E-state index < -0.39 is 6.61 Å². The first kappa shape index (κ1) is 27.6. The van der Waals surface area contributed by atoms with Crippen LogP contribution in [0.25, 0.3) is 5.82 Å². The third-order valence-electron chi connectivity index (χ3n) is 7.95. The third kappa shape index (κ3) is 5.52. The van der Waals surface area contributed by atoms with Gasteiger partial charge in [0.05, 0.1) is 11.3 Å². The molecule has 1 amide bonds. The van der Waals surface area contributed by atoms with E-state index in [-0.39, 0.29) is 17.6 Å². The molecular formula is C31H33F2N7O2. The number of carbonyl (C=O) groups excluding carboxylic acids is 1. The van der Waals surface area contributed by atoms with Gasteiger partial charge < -0.3 is 29.7 Å². The van der Waals surface area contributed by atoms with Crippen molar-refractivity contribution in [2.24, 2.45) is 0 Å². The Balaban J connectivity index is 1.26. The smallest absolute Gasteiger partial charge is 0.387 e. The standard InChI is InChI=1S/C31H33F2N7O2/c1-19-5-4-6-20(2)27(19)36-29(41)23-11-12-40-25(23)10-7-21-18-34-31(37-28(21)40)35-24-9-8-22(17-26(24)42-30(32)33)39-15-13-38(3)14-16-39/h4-6,8-9,11-12,17-18,30H,7,10,13-16H2,1-3H3,(H,36,41)(H,34,35,37). The lowest BCUT2D eigenvalue weighted by Crippen LogP contribution is -2.44. The molecule has 11 heteroatoms. The van der Waals surface area contributed by atoms with Gasteiger partial charge in [-0.05, 0) is 63.1 Å². The van der Waals surface area contributed by atoms with Crippen molar-refractivity contribution in [1.82, 2.24) is 19.4 Å². The minimum Gasteiger partial charge on any atom is -0.433 e. The molecule has 0 saturated carbocycles.